The van der Waals surface area contributed by atoms with E-state index in [1.54, 1.807) is 7.05 Å². The van der Waals surface area contributed by atoms with E-state index in [9.17, 15) is 4.79 Å². The Kier molecular flexibility index (Phi) is 3.55. The summed E-state index contributed by atoms with van der Waals surface area (Å²) >= 11 is 0. The standard InChI is InChI=1S/C14H17N3O2/c1-9-3-5-10(6-4-9)7-8-11-12(14(18)19)13(15)17(2)16-11/h3-6H,7-8,15H2,1-2H3,(H,18,19). The molecule has 1 aromatic carbocycles. The number of hydrogen-bond donors (Lipinski definition) is 2. The van der Waals surface area contributed by atoms with Gasteiger partial charge in [0.2, 0.25) is 0 Å². The molecule has 5 heteroatoms. The predicted molar refractivity (Wildman–Crippen MR) is 73.2 cm³/mol. The van der Waals surface area contributed by atoms with Crippen molar-refractivity contribution in [3.05, 3.63) is 46.6 Å². The number of hydrogen-bond acceptors (Lipinski definition) is 3. The molecule has 0 aliphatic rings. The maximum atomic E-state index is 11.2. The van der Waals surface area contributed by atoms with Crippen LogP contribution in [0.3, 0.4) is 0 Å². The number of benzene rings is 1. The smallest absolute Gasteiger partial charge is 0.341 e. The van der Waals surface area contributed by atoms with Gasteiger partial charge in [0.15, 0.2) is 0 Å². The van der Waals surface area contributed by atoms with Crippen LogP contribution in [0.5, 0.6) is 0 Å². The Labute approximate surface area is 111 Å². The van der Waals surface area contributed by atoms with Crippen LogP contribution in [0.4, 0.5) is 5.82 Å². The van der Waals surface area contributed by atoms with Crippen LogP contribution in [-0.4, -0.2) is 20.9 Å². The number of carboxylic acid groups (broad SMARTS) is 1. The molecule has 0 bridgehead atoms. The lowest BCUT2D eigenvalue weighted by atomic mass is 10.0. The second kappa shape index (κ2) is 5.14. The van der Waals surface area contributed by atoms with Gasteiger partial charge < -0.3 is 10.8 Å². The molecule has 0 fully saturated rings. The number of nitrogens with two attached hydrogens (primary N) is 1. The normalized spacial score (nSPS) is 10.6. The van der Waals surface area contributed by atoms with Gasteiger partial charge in [-0.15, -0.1) is 0 Å². The molecule has 0 saturated heterocycles. The number of nitrogen functional groups attached to an aromatic ring is 1. The summed E-state index contributed by atoms with van der Waals surface area (Å²) in [5.41, 5.74) is 8.73. The maximum Gasteiger partial charge on any atom is 0.341 e. The van der Waals surface area contributed by atoms with Crippen molar-refractivity contribution in [2.75, 3.05) is 5.73 Å². The van der Waals surface area contributed by atoms with E-state index in [2.05, 4.69) is 5.10 Å². The first-order valence-electron chi connectivity index (χ1n) is 6.09. The van der Waals surface area contributed by atoms with Crippen molar-refractivity contribution in [2.45, 2.75) is 19.8 Å². The molecule has 0 amide bonds. The molecule has 5 nitrogen and oxygen atoms in total. The van der Waals surface area contributed by atoms with Crippen LogP contribution < -0.4 is 5.73 Å². The van der Waals surface area contributed by atoms with Gasteiger partial charge in [-0.3, -0.25) is 4.68 Å². The van der Waals surface area contributed by atoms with Crippen LogP contribution in [-0.2, 0) is 19.9 Å². The minimum absolute atomic E-state index is 0.120. The van der Waals surface area contributed by atoms with Gasteiger partial charge >= 0.3 is 5.97 Å². The highest BCUT2D eigenvalue weighted by Crippen LogP contribution is 2.18. The zero-order chi connectivity index (χ0) is 14.0. The number of aromatic carboxylic acids is 1. The van der Waals surface area contributed by atoms with E-state index in [1.807, 2.05) is 31.2 Å². The van der Waals surface area contributed by atoms with Crippen molar-refractivity contribution in [2.24, 2.45) is 7.05 Å². The van der Waals surface area contributed by atoms with E-state index in [1.165, 1.54) is 10.2 Å². The second-order valence-electron chi connectivity index (χ2n) is 4.62. The van der Waals surface area contributed by atoms with Crippen LogP contribution in [0.1, 0.15) is 27.2 Å². The zero-order valence-corrected chi connectivity index (χ0v) is 11.1. The van der Waals surface area contributed by atoms with Gasteiger partial charge in [0, 0.05) is 7.05 Å². The first-order valence-corrected chi connectivity index (χ1v) is 6.09. The molecule has 100 valence electrons. The Morgan fingerprint density at radius 2 is 1.95 bits per heavy atom. The highest BCUT2D eigenvalue weighted by atomic mass is 16.4. The fourth-order valence-corrected chi connectivity index (χ4v) is 2.02. The maximum absolute atomic E-state index is 11.2. The van der Waals surface area contributed by atoms with Crippen LogP contribution in [0.25, 0.3) is 0 Å². The van der Waals surface area contributed by atoms with Gasteiger partial charge in [-0.1, -0.05) is 29.8 Å². The van der Waals surface area contributed by atoms with Crippen molar-refractivity contribution >= 4 is 11.8 Å². The first-order chi connectivity index (χ1) is 8.99. The van der Waals surface area contributed by atoms with Crippen molar-refractivity contribution in [1.29, 1.82) is 0 Å². The molecular weight excluding hydrogens is 242 g/mol. The number of nitrogens with zero attached hydrogens (tertiary/aromatic N) is 2. The minimum atomic E-state index is -1.02. The number of carbonyl (C=O) groups is 1. The summed E-state index contributed by atoms with van der Waals surface area (Å²) in [5.74, 6) is -0.823. The average Bonchev–Trinajstić information content (AvgIpc) is 2.64. The SMILES string of the molecule is Cc1ccc(CCc2nn(C)c(N)c2C(=O)O)cc1. The fraction of sp³-hybridized carbons (Fsp3) is 0.286. The van der Waals surface area contributed by atoms with E-state index in [-0.39, 0.29) is 11.4 Å². The van der Waals surface area contributed by atoms with Gasteiger partial charge in [-0.2, -0.15) is 5.10 Å². The van der Waals surface area contributed by atoms with Gasteiger partial charge in [0.25, 0.3) is 0 Å². The highest BCUT2D eigenvalue weighted by molar-refractivity contribution is 5.94. The second-order valence-corrected chi connectivity index (χ2v) is 4.62. The highest BCUT2D eigenvalue weighted by Gasteiger charge is 2.19. The molecule has 2 aromatic rings. The summed E-state index contributed by atoms with van der Waals surface area (Å²) in [6.45, 7) is 2.03. The number of aromatic nitrogens is 2. The molecule has 0 radical (unpaired) electrons. The molecule has 0 spiro atoms. The molecule has 1 heterocycles. The average molecular weight is 259 g/mol. The number of anilines is 1. The van der Waals surface area contributed by atoms with E-state index in [0.29, 0.717) is 12.1 Å². The lowest BCUT2D eigenvalue weighted by molar-refractivity contribution is 0.0697. The molecule has 0 unspecified atom stereocenters. The van der Waals surface area contributed by atoms with Crippen LogP contribution in [0.15, 0.2) is 24.3 Å². The zero-order valence-electron chi connectivity index (χ0n) is 11.1. The molecule has 19 heavy (non-hydrogen) atoms. The quantitative estimate of drug-likeness (QED) is 0.877. The van der Waals surface area contributed by atoms with Crippen molar-refractivity contribution < 1.29 is 9.90 Å². The summed E-state index contributed by atoms with van der Waals surface area (Å²) in [5, 5.41) is 13.3. The largest absolute Gasteiger partial charge is 0.477 e. The summed E-state index contributed by atoms with van der Waals surface area (Å²) in [6.07, 6.45) is 1.31. The lowest BCUT2D eigenvalue weighted by Gasteiger charge is -2.01. The minimum Gasteiger partial charge on any atom is -0.477 e. The number of carboxylic acids is 1. The van der Waals surface area contributed by atoms with Gasteiger partial charge in [0.1, 0.15) is 11.4 Å². The first kappa shape index (κ1) is 13.1. The van der Waals surface area contributed by atoms with Crippen LogP contribution in [0.2, 0.25) is 0 Å². The van der Waals surface area contributed by atoms with Gasteiger partial charge in [-0.05, 0) is 25.3 Å². The Morgan fingerprint density at radius 1 is 1.32 bits per heavy atom. The third-order valence-corrected chi connectivity index (χ3v) is 3.15. The van der Waals surface area contributed by atoms with E-state index >= 15 is 0 Å². The molecule has 0 aliphatic carbocycles. The van der Waals surface area contributed by atoms with Crippen LogP contribution in [0, 0.1) is 6.92 Å². The van der Waals surface area contributed by atoms with E-state index in [4.69, 9.17) is 10.8 Å². The van der Waals surface area contributed by atoms with E-state index < -0.39 is 5.97 Å². The molecule has 0 aliphatic heterocycles. The number of rotatable bonds is 4. The molecule has 0 saturated carbocycles. The molecule has 3 N–H and O–H groups in total. The summed E-state index contributed by atoms with van der Waals surface area (Å²) in [4.78, 5) is 11.2. The fourth-order valence-electron chi connectivity index (χ4n) is 2.02. The van der Waals surface area contributed by atoms with Gasteiger partial charge in [-0.25, -0.2) is 4.79 Å². The summed E-state index contributed by atoms with van der Waals surface area (Å²) in [7, 11) is 1.65. The van der Waals surface area contributed by atoms with Crippen molar-refractivity contribution in [3.8, 4) is 0 Å². The molecule has 0 atom stereocenters. The predicted octanol–water partition coefficient (Wildman–Crippen LogP) is 1.79. The monoisotopic (exact) mass is 259 g/mol. The summed E-state index contributed by atoms with van der Waals surface area (Å²) < 4.78 is 1.41. The van der Waals surface area contributed by atoms with Crippen molar-refractivity contribution in [3.63, 3.8) is 0 Å². The van der Waals surface area contributed by atoms with Crippen molar-refractivity contribution in [1.82, 2.24) is 9.78 Å². The van der Waals surface area contributed by atoms with Gasteiger partial charge in [0.05, 0.1) is 5.69 Å². The summed E-state index contributed by atoms with van der Waals surface area (Å²) in [6, 6.07) is 8.17. The molecule has 1 aromatic heterocycles. The molecular formula is C14H17N3O2. The third-order valence-electron chi connectivity index (χ3n) is 3.15. The molecule has 2 rings (SSSR count). The Morgan fingerprint density at radius 3 is 2.53 bits per heavy atom. The lowest BCUT2D eigenvalue weighted by Crippen LogP contribution is -2.05. The third kappa shape index (κ3) is 2.76. The van der Waals surface area contributed by atoms with E-state index in [0.717, 1.165) is 12.0 Å². The Bertz CT molecular complexity index is 600. The Balaban J connectivity index is 2.18. The Hall–Kier alpha value is -2.30. The van der Waals surface area contributed by atoms with Crippen LogP contribution >= 0.6 is 0 Å². The topological polar surface area (TPSA) is 81.1 Å². The number of aryl methyl sites for hydroxylation is 4.